The molecule has 7 nitrogen and oxygen atoms in total. The average Bonchev–Trinajstić information content (AvgIpc) is 3.45. The Morgan fingerprint density at radius 2 is 1.88 bits per heavy atom. The predicted molar refractivity (Wildman–Crippen MR) is 134 cm³/mol. The monoisotopic (exact) mass is 518 g/mol. The lowest BCUT2D eigenvalue weighted by Crippen LogP contribution is -2.22. The van der Waals surface area contributed by atoms with Gasteiger partial charge in [-0.05, 0) is 43.2 Å². The SMILES string of the molecule is CCc1ccc(-c2cc3c(=O)n(Cc4nc(-c5cc(Br)ccc5OC)oc4C)ccn3n2)cc1. The van der Waals surface area contributed by atoms with Crippen LogP contribution in [0.1, 0.15) is 23.9 Å². The van der Waals surface area contributed by atoms with Crippen LogP contribution in [-0.2, 0) is 13.0 Å². The van der Waals surface area contributed by atoms with Gasteiger partial charge in [-0.15, -0.1) is 0 Å². The molecule has 2 aromatic carbocycles. The average molecular weight is 519 g/mol. The van der Waals surface area contributed by atoms with E-state index in [9.17, 15) is 4.79 Å². The van der Waals surface area contributed by atoms with Crippen LogP contribution in [0, 0.1) is 6.92 Å². The molecule has 0 aliphatic heterocycles. The molecule has 0 saturated carbocycles. The summed E-state index contributed by atoms with van der Waals surface area (Å²) in [4.78, 5) is 17.9. The van der Waals surface area contributed by atoms with E-state index in [4.69, 9.17) is 9.15 Å². The Morgan fingerprint density at radius 1 is 1.09 bits per heavy atom. The second kappa shape index (κ2) is 8.95. The Hall–Kier alpha value is -3.65. The van der Waals surface area contributed by atoms with Gasteiger partial charge in [-0.1, -0.05) is 47.1 Å². The van der Waals surface area contributed by atoms with E-state index in [0.29, 0.717) is 28.6 Å². The van der Waals surface area contributed by atoms with E-state index >= 15 is 0 Å². The van der Waals surface area contributed by atoms with Crippen LogP contribution < -0.4 is 10.3 Å². The van der Waals surface area contributed by atoms with Crippen molar-refractivity contribution in [3.05, 3.63) is 92.8 Å². The summed E-state index contributed by atoms with van der Waals surface area (Å²) in [6.45, 7) is 4.25. The molecule has 0 bridgehead atoms. The minimum Gasteiger partial charge on any atom is -0.496 e. The predicted octanol–water partition coefficient (Wildman–Crippen LogP) is 5.51. The van der Waals surface area contributed by atoms with E-state index < -0.39 is 0 Å². The Kier molecular flexibility index (Phi) is 5.83. The zero-order chi connectivity index (χ0) is 23.8. The van der Waals surface area contributed by atoms with Crippen molar-refractivity contribution in [1.29, 1.82) is 0 Å². The van der Waals surface area contributed by atoms with Crippen molar-refractivity contribution >= 4 is 21.4 Å². The molecule has 0 radical (unpaired) electrons. The first-order valence-electron chi connectivity index (χ1n) is 10.9. The molecule has 34 heavy (non-hydrogen) atoms. The third kappa shape index (κ3) is 4.05. The number of benzene rings is 2. The maximum Gasteiger partial charge on any atom is 0.276 e. The van der Waals surface area contributed by atoms with E-state index in [-0.39, 0.29) is 12.1 Å². The molecule has 0 unspecified atom stereocenters. The van der Waals surface area contributed by atoms with Crippen molar-refractivity contribution < 1.29 is 9.15 Å². The summed E-state index contributed by atoms with van der Waals surface area (Å²) in [6.07, 6.45) is 4.49. The second-order valence-corrected chi connectivity index (χ2v) is 8.92. The third-order valence-electron chi connectivity index (χ3n) is 5.87. The first-order chi connectivity index (χ1) is 16.5. The number of fused-ring (bicyclic) bond motifs is 1. The van der Waals surface area contributed by atoms with Crippen molar-refractivity contribution in [2.45, 2.75) is 26.8 Å². The van der Waals surface area contributed by atoms with Crippen molar-refractivity contribution in [2.75, 3.05) is 7.11 Å². The normalized spacial score (nSPS) is 11.3. The van der Waals surface area contributed by atoms with Crippen LogP contribution in [0.4, 0.5) is 0 Å². The lowest BCUT2D eigenvalue weighted by molar-refractivity contribution is 0.414. The van der Waals surface area contributed by atoms with Gasteiger partial charge in [0.25, 0.3) is 5.56 Å². The minimum atomic E-state index is -0.143. The van der Waals surface area contributed by atoms with Crippen LogP contribution in [0.5, 0.6) is 5.75 Å². The number of rotatable bonds is 6. The first kappa shape index (κ1) is 22.2. The summed E-state index contributed by atoms with van der Waals surface area (Å²) in [5, 5.41) is 4.59. The van der Waals surface area contributed by atoms with Gasteiger partial charge in [0.05, 0.1) is 24.9 Å². The maximum absolute atomic E-state index is 13.2. The van der Waals surface area contributed by atoms with Crippen LogP contribution >= 0.6 is 15.9 Å². The molecule has 0 aliphatic rings. The zero-order valence-corrected chi connectivity index (χ0v) is 20.7. The van der Waals surface area contributed by atoms with Crippen LogP contribution in [-0.4, -0.2) is 26.3 Å². The quantitative estimate of drug-likeness (QED) is 0.296. The molecule has 0 saturated heterocycles. The molecule has 0 fully saturated rings. The Bertz CT molecular complexity index is 1550. The van der Waals surface area contributed by atoms with Gasteiger partial charge in [-0.2, -0.15) is 5.10 Å². The van der Waals surface area contributed by atoms with Gasteiger partial charge >= 0.3 is 0 Å². The Balaban J connectivity index is 1.48. The molecular weight excluding hydrogens is 496 g/mol. The molecule has 0 aliphatic carbocycles. The van der Waals surface area contributed by atoms with E-state index in [2.05, 4.69) is 45.1 Å². The number of ether oxygens (including phenoxy) is 1. The smallest absolute Gasteiger partial charge is 0.276 e. The first-order valence-corrected chi connectivity index (χ1v) is 11.7. The van der Waals surface area contributed by atoms with Crippen LogP contribution in [0.25, 0.3) is 28.2 Å². The third-order valence-corrected chi connectivity index (χ3v) is 6.36. The number of methoxy groups -OCH3 is 1. The number of hydrogen-bond donors (Lipinski definition) is 0. The molecule has 172 valence electrons. The topological polar surface area (TPSA) is 74.6 Å². The highest BCUT2D eigenvalue weighted by Crippen LogP contribution is 2.33. The van der Waals surface area contributed by atoms with Gasteiger partial charge in [0, 0.05) is 22.4 Å². The van der Waals surface area contributed by atoms with Gasteiger partial charge in [0.2, 0.25) is 5.89 Å². The number of aromatic nitrogens is 4. The number of nitrogens with zero attached hydrogens (tertiary/aromatic N) is 4. The van der Waals surface area contributed by atoms with Crippen LogP contribution in [0.2, 0.25) is 0 Å². The number of oxazole rings is 1. The molecule has 0 N–H and O–H groups in total. The summed E-state index contributed by atoms with van der Waals surface area (Å²) in [5.74, 6) is 1.75. The highest BCUT2D eigenvalue weighted by molar-refractivity contribution is 9.10. The highest BCUT2D eigenvalue weighted by Gasteiger charge is 2.17. The zero-order valence-electron chi connectivity index (χ0n) is 19.1. The number of aryl methyl sites for hydroxylation is 2. The molecule has 5 aromatic rings. The van der Waals surface area contributed by atoms with Crippen molar-refractivity contribution in [3.63, 3.8) is 0 Å². The summed E-state index contributed by atoms with van der Waals surface area (Å²) < 4.78 is 15.5. The number of hydrogen-bond acceptors (Lipinski definition) is 5. The fourth-order valence-electron chi connectivity index (χ4n) is 3.90. The molecule has 5 rings (SSSR count). The molecule has 0 amide bonds. The van der Waals surface area contributed by atoms with E-state index in [1.807, 2.05) is 43.3 Å². The highest BCUT2D eigenvalue weighted by atomic mass is 79.9. The van der Waals surface area contributed by atoms with E-state index in [0.717, 1.165) is 27.7 Å². The lowest BCUT2D eigenvalue weighted by atomic mass is 10.1. The largest absolute Gasteiger partial charge is 0.496 e. The van der Waals surface area contributed by atoms with Gasteiger partial charge in [0.1, 0.15) is 22.7 Å². The van der Waals surface area contributed by atoms with E-state index in [1.165, 1.54) is 5.56 Å². The molecule has 3 aromatic heterocycles. The minimum absolute atomic E-state index is 0.143. The van der Waals surface area contributed by atoms with Crippen LogP contribution in [0.3, 0.4) is 0 Å². The summed E-state index contributed by atoms with van der Waals surface area (Å²) in [6, 6.07) is 15.7. The Labute approximate surface area is 204 Å². The lowest BCUT2D eigenvalue weighted by Gasteiger charge is -2.05. The summed E-state index contributed by atoms with van der Waals surface area (Å²) in [7, 11) is 1.61. The van der Waals surface area contributed by atoms with Gasteiger partial charge in [-0.3, -0.25) is 4.79 Å². The van der Waals surface area contributed by atoms with Gasteiger partial charge < -0.3 is 13.7 Å². The molecule has 0 atom stereocenters. The van der Waals surface area contributed by atoms with Gasteiger partial charge in [-0.25, -0.2) is 9.50 Å². The fourth-order valence-corrected chi connectivity index (χ4v) is 4.26. The molecule has 8 heteroatoms. The second-order valence-electron chi connectivity index (χ2n) is 8.01. The van der Waals surface area contributed by atoms with Crippen molar-refractivity contribution in [3.8, 4) is 28.5 Å². The van der Waals surface area contributed by atoms with Crippen LogP contribution in [0.15, 0.2) is 74.6 Å². The van der Waals surface area contributed by atoms with E-state index in [1.54, 1.807) is 28.6 Å². The Morgan fingerprint density at radius 3 is 2.62 bits per heavy atom. The van der Waals surface area contributed by atoms with Crippen molar-refractivity contribution in [2.24, 2.45) is 0 Å². The maximum atomic E-state index is 13.2. The summed E-state index contributed by atoms with van der Waals surface area (Å²) >= 11 is 3.48. The van der Waals surface area contributed by atoms with Crippen molar-refractivity contribution in [1.82, 2.24) is 19.2 Å². The number of halogens is 1. The molecule has 0 spiro atoms. The standard InChI is InChI=1S/C26H23BrN4O3/c1-4-17-5-7-18(8-6-17)21-14-23-26(32)30(11-12-31(23)29-21)15-22-16(2)34-25(28-22)20-13-19(27)9-10-24(20)33-3/h5-14H,4,15H2,1-3H3. The molecule has 3 heterocycles. The fraction of sp³-hybridized carbons (Fsp3) is 0.192. The summed E-state index contributed by atoms with van der Waals surface area (Å²) in [5.41, 5.74) is 4.79. The van der Waals surface area contributed by atoms with Gasteiger partial charge in [0.15, 0.2) is 0 Å². The molecular formula is C26H23BrN4O3.